The van der Waals surface area contributed by atoms with Gasteiger partial charge in [-0.1, -0.05) is 18.2 Å². The Bertz CT molecular complexity index is 802. The van der Waals surface area contributed by atoms with E-state index in [4.69, 9.17) is 0 Å². The van der Waals surface area contributed by atoms with Gasteiger partial charge in [0.15, 0.2) is 0 Å². The van der Waals surface area contributed by atoms with Gasteiger partial charge in [-0.05, 0) is 35.6 Å². The van der Waals surface area contributed by atoms with Gasteiger partial charge < -0.3 is 16.0 Å². The second kappa shape index (κ2) is 7.48. The summed E-state index contributed by atoms with van der Waals surface area (Å²) in [6, 6.07) is 9.09. The summed E-state index contributed by atoms with van der Waals surface area (Å²) in [5, 5.41) is 10.3. The fourth-order valence-corrected chi connectivity index (χ4v) is 3.34. The Morgan fingerprint density at radius 2 is 2.16 bits per heavy atom. The van der Waals surface area contributed by atoms with Crippen LogP contribution in [-0.2, 0) is 16.0 Å². The zero-order valence-electron chi connectivity index (χ0n) is 13.8. The number of carbonyl (C=O) groups is 3. The van der Waals surface area contributed by atoms with E-state index >= 15 is 0 Å². The molecule has 0 aliphatic carbocycles. The summed E-state index contributed by atoms with van der Waals surface area (Å²) in [5.74, 6) is -0.300. The molecule has 3 N–H and O–H groups in total. The van der Waals surface area contributed by atoms with Gasteiger partial charge in [0.2, 0.25) is 11.8 Å². The molecule has 25 heavy (non-hydrogen) atoms. The highest BCUT2D eigenvalue weighted by molar-refractivity contribution is 7.12. The fourth-order valence-electron chi connectivity index (χ4n) is 2.70. The molecule has 0 saturated carbocycles. The first-order valence-electron chi connectivity index (χ1n) is 8.06. The smallest absolute Gasteiger partial charge is 0.261 e. The Labute approximate surface area is 149 Å². The van der Waals surface area contributed by atoms with E-state index < -0.39 is 0 Å². The Balaban J connectivity index is 1.47. The highest BCUT2D eigenvalue weighted by atomic mass is 32.1. The van der Waals surface area contributed by atoms with Crippen LogP contribution in [0.4, 0.5) is 5.69 Å². The van der Waals surface area contributed by atoms with Gasteiger partial charge >= 0.3 is 0 Å². The number of anilines is 1. The van der Waals surface area contributed by atoms with Crippen LogP contribution in [0.1, 0.15) is 40.2 Å². The summed E-state index contributed by atoms with van der Waals surface area (Å²) in [6.07, 6.45) is 0.588. The topological polar surface area (TPSA) is 87.3 Å². The molecule has 1 aromatic carbocycles. The van der Waals surface area contributed by atoms with E-state index in [0.717, 1.165) is 16.8 Å². The fraction of sp³-hybridized carbons (Fsp3) is 0.278. The van der Waals surface area contributed by atoms with Crippen LogP contribution in [0.5, 0.6) is 0 Å². The molecule has 1 atom stereocenters. The lowest BCUT2D eigenvalue weighted by molar-refractivity contribution is -0.121. The maximum absolute atomic E-state index is 12.1. The van der Waals surface area contributed by atoms with Gasteiger partial charge in [0.05, 0.1) is 17.3 Å². The second-order valence-corrected chi connectivity index (χ2v) is 6.86. The molecule has 3 amide bonds. The van der Waals surface area contributed by atoms with Gasteiger partial charge in [-0.2, -0.15) is 0 Å². The van der Waals surface area contributed by atoms with Crippen molar-refractivity contribution in [3.8, 4) is 0 Å². The molecule has 0 unspecified atom stereocenters. The summed E-state index contributed by atoms with van der Waals surface area (Å²) in [6.45, 7) is 2.19. The SMILES string of the molecule is C[C@H](NC(=O)CCNC(=O)c1cccs1)c1ccc2c(c1)CC(=O)N2. The molecule has 0 spiro atoms. The quantitative estimate of drug-likeness (QED) is 0.741. The van der Waals surface area contributed by atoms with Gasteiger partial charge in [-0.3, -0.25) is 14.4 Å². The van der Waals surface area contributed by atoms with Gasteiger partial charge in [0.1, 0.15) is 0 Å². The Hall–Kier alpha value is -2.67. The van der Waals surface area contributed by atoms with Crippen LogP contribution in [0.25, 0.3) is 0 Å². The molecule has 130 valence electrons. The number of hydrogen-bond donors (Lipinski definition) is 3. The van der Waals surface area contributed by atoms with E-state index in [1.54, 1.807) is 6.07 Å². The largest absolute Gasteiger partial charge is 0.351 e. The standard InChI is InChI=1S/C18H19N3O3S/c1-11(12-4-5-14-13(9-12)10-17(23)21-14)20-16(22)6-7-19-18(24)15-3-2-8-25-15/h2-5,8-9,11H,6-7,10H2,1H3,(H,19,24)(H,20,22)(H,21,23)/t11-/m0/s1. The average molecular weight is 357 g/mol. The van der Waals surface area contributed by atoms with Crippen molar-refractivity contribution in [1.82, 2.24) is 10.6 Å². The number of hydrogen-bond acceptors (Lipinski definition) is 4. The molecule has 0 fully saturated rings. The number of carbonyl (C=O) groups excluding carboxylic acids is 3. The number of amides is 3. The van der Waals surface area contributed by atoms with E-state index in [9.17, 15) is 14.4 Å². The van der Waals surface area contributed by atoms with E-state index in [1.165, 1.54) is 11.3 Å². The number of benzene rings is 1. The van der Waals surface area contributed by atoms with Crippen LogP contribution in [0.2, 0.25) is 0 Å². The number of nitrogens with one attached hydrogen (secondary N) is 3. The summed E-state index contributed by atoms with van der Waals surface area (Å²) in [7, 11) is 0. The molecule has 1 aliphatic rings. The van der Waals surface area contributed by atoms with Crippen molar-refractivity contribution in [2.45, 2.75) is 25.8 Å². The predicted molar refractivity (Wildman–Crippen MR) is 96.6 cm³/mol. The van der Waals surface area contributed by atoms with Crippen LogP contribution in [0.3, 0.4) is 0 Å². The second-order valence-electron chi connectivity index (χ2n) is 5.91. The molecule has 6 nitrogen and oxygen atoms in total. The van der Waals surface area contributed by atoms with Crippen molar-refractivity contribution in [2.75, 3.05) is 11.9 Å². The van der Waals surface area contributed by atoms with Crippen molar-refractivity contribution < 1.29 is 14.4 Å². The monoisotopic (exact) mass is 357 g/mol. The predicted octanol–water partition coefficient (Wildman–Crippen LogP) is 2.24. The van der Waals surface area contributed by atoms with Crippen molar-refractivity contribution in [2.24, 2.45) is 0 Å². The molecule has 0 saturated heterocycles. The zero-order valence-corrected chi connectivity index (χ0v) is 14.6. The molecule has 0 radical (unpaired) electrons. The van der Waals surface area contributed by atoms with Crippen LogP contribution in [-0.4, -0.2) is 24.3 Å². The Kier molecular flexibility index (Phi) is 5.14. The number of rotatable bonds is 6. The highest BCUT2D eigenvalue weighted by Crippen LogP contribution is 2.26. The average Bonchev–Trinajstić information content (AvgIpc) is 3.22. The molecule has 0 bridgehead atoms. The summed E-state index contributed by atoms with van der Waals surface area (Å²) in [4.78, 5) is 35.9. The lowest BCUT2D eigenvalue weighted by atomic mass is 10.0. The van der Waals surface area contributed by atoms with E-state index in [0.29, 0.717) is 11.3 Å². The highest BCUT2D eigenvalue weighted by Gasteiger charge is 2.19. The summed E-state index contributed by atoms with van der Waals surface area (Å²) >= 11 is 1.37. The van der Waals surface area contributed by atoms with Crippen molar-refractivity contribution in [3.63, 3.8) is 0 Å². The van der Waals surface area contributed by atoms with Crippen LogP contribution >= 0.6 is 11.3 Å². The van der Waals surface area contributed by atoms with E-state index in [-0.39, 0.29) is 36.7 Å². The van der Waals surface area contributed by atoms with Gasteiger partial charge in [0, 0.05) is 18.7 Å². The third-order valence-electron chi connectivity index (χ3n) is 4.01. The third kappa shape index (κ3) is 4.24. The van der Waals surface area contributed by atoms with Crippen LogP contribution < -0.4 is 16.0 Å². The minimum absolute atomic E-state index is 0.00896. The molecule has 7 heteroatoms. The van der Waals surface area contributed by atoms with Crippen LogP contribution in [0.15, 0.2) is 35.7 Å². The molecule has 2 heterocycles. The maximum atomic E-state index is 12.1. The lowest BCUT2D eigenvalue weighted by Crippen LogP contribution is -2.31. The first-order valence-corrected chi connectivity index (χ1v) is 8.94. The van der Waals surface area contributed by atoms with Gasteiger partial charge in [-0.15, -0.1) is 11.3 Å². The Morgan fingerprint density at radius 1 is 1.32 bits per heavy atom. The third-order valence-corrected chi connectivity index (χ3v) is 4.88. The number of thiophene rings is 1. The molecule has 3 rings (SSSR count). The van der Waals surface area contributed by atoms with Crippen molar-refractivity contribution in [3.05, 3.63) is 51.7 Å². The normalized spacial score (nSPS) is 13.7. The first-order chi connectivity index (χ1) is 12.0. The minimum atomic E-state index is -0.165. The minimum Gasteiger partial charge on any atom is -0.351 e. The van der Waals surface area contributed by atoms with E-state index in [2.05, 4.69) is 16.0 Å². The summed E-state index contributed by atoms with van der Waals surface area (Å²) < 4.78 is 0. The molecule has 1 aliphatic heterocycles. The lowest BCUT2D eigenvalue weighted by Gasteiger charge is -2.15. The van der Waals surface area contributed by atoms with Crippen molar-refractivity contribution >= 4 is 34.7 Å². The molecule has 2 aromatic rings. The number of fused-ring (bicyclic) bond motifs is 1. The van der Waals surface area contributed by atoms with Crippen molar-refractivity contribution in [1.29, 1.82) is 0 Å². The van der Waals surface area contributed by atoms with E-state index in [1.807, 2.05) is 36.6 Å². The summed E-state index contributed by atoms with van der Waals surface area (Å²) in [5.41, 5.74) is 2.74. The zero-order chi connectivity index (χ0) is 17.8. The van der Waals surface area contributed by atoms with Gasteiger partial charge in [-0.25, -0.2) is 0 Å². The Morgan fingerprint density at radius 3 is 2.92 bits per heavy atom. The molecular weight excluding hydrogens is 338 g/mol. The first kappa shape index (κ1) is 17.2. The maximum Gasteiger partial charge on any atom is 0.261 e. The molecular formula is C18H19N3O3S. The van der Waals surface area contributed by atoms with Gasteiger partial charge in [0.25, 0.3) is 5.91 Å². The molecule has 1 aromatic heterocycles. The van der Waals surface area contributed by atoms with Crippen LogP contribution in [0, 0.1) is 0 Å².